The van der Waals surface area contributed by atoms with Gasteiger partial charge in [0, 0.05) is 16.9 Å². The summed E-state index contributed by atoms with van der Waals surface area (Å²) in [7, 11) is 0. The number of carbonyl (C=O) groups excluding carboxylic acids is 3. The molecule has 0 N–H and O–H groups in total. The summed E-state index contributed by atoms with van der Waals surface area (Å²) in [5.74, 6) is 0.961. The van der Waals surface area contributed by atoms with Gasteiger partial charge in [0.15, 0.2) is 23.9 Å². The number of hydrogen-bond acceptors (Lipinski definition) is 7. The topological polar surface area (TPSA) is 82.1 Å². The Balaban J connectivity index is 1.39. The Morgan fingerprint density at radius 3 is 2.57 bits per heavy atom. The third kappa shape index (κ3) is 5.99. The molecular formula is C27H31NO6S. The zero-order valence-electron chi connectivity index (χ0n) is 20.4. The molecule has 0 unspecified atom stereocenters. The van der Waals surface area contributed by atoms with Crippen LogP contribution in [0.15, 0.2) is 47.4 Å². The number of likely N-dealkylation sites (tertiary alicyclic amines) is 1. The van der Waals surface area contributed by atoms with Crippen molar-refractivity contribution < 1.29 is 28.6 Å². The molecule has 2 aliphatic rings. The molecule has 7 nitrogen and oxygen atoms in total. The predicted molar refractivity (Wildman–Crippen MR) is 133 cm³/mol. The number of rotatable bonds is 7. The van der Waals surface area contributed by atoms with E-state index in [1.165, 1.54) is 11.8 Å². The van der Waals surface area contributed by atoms with Crippen molar-refractivity contribution in [2.45, 2.75) is 44.6 Å². The number of amides is 1. The van der Waals surface area contributed by atoms with Gasteiger partial charge in [-0.05, 0) is 42.7 Å². The molecule has 0 spiro atoms. The summed E-state index contributed by atoms with van der Waals surface area (Å²) in [6.45, 7) is 6.84. The quantitative estimate of drug-likeness (QED) is 0.406. The predicted octanol–water partition coefficient (Wildman–Crippen LogP) is 4.69. The first-order chi connectivity index (χ1) is 16.7. The largest absolute Gasteiger partial charge is 0.486 e. The Morgan fingerprint density at radius 2 is 1.80 bits per heavy atom. The second-order valence-corrected chi connectivity index (χ2v) is 10.7. The third-order valence-corrected chi connectivity index (χ3v) is 7.21. The molecular weight excluding hydrogens is 466 g/mol. The van der Waals surface area contributed by atoms with Gasteiger partial charge < -0.3 is 19.1 Å². The van der Waals surface area contributed by atoms with Gasteiger partial charge in [-0.3, -0.25) is 9.59 Å². The number of hydrogen-bond donors (Lipinski definition) is 0. The van der Waals surface area contributed by atoms with Crippen LogP contribution >= 0.6 is 11.8 Å². The van der Waals surface area contributed by atoms with Crippen LogP contribution in [0.5, 0.6) is 11.5 Å². The smallest absolute Gasteiger partial charge is 0.339 e. The van der Waals surface area contributed by atoms with E-state index in [0.29, 0.717) is 30.2 Å². The molecule has 35 heavy (non-hydrogen) atoms. The van der Waals surface area contributed by atoms with Crippen molar-refractivity contribution in [1.82, 2.24) is 4.90 Å². The van der Waals surface area contributed by atoms with Gasteiger partial charge in [0.05, 0.1) is 17.4 Å². The summed E-state index contributed by atoms with van der Waals surface area (Å²) in [6, 6.07) is 12.9. The molecule has 4 rings (SSSR count). The van der Waals surface area contributed by atoms with E-state index in [4.69, 9.17) is 14.2 Å². The van der Waals surface area contributed by atoms with E-state index >= 15 is 0 Å². The standard InChI is InChI=1S/C27H31NO6S/c1-27(2,3)24(29)16-34-26(31)19-7-4-5-9-23(19)35-17-25(30)28-12-6-8-20(28)18-10-11-21-22(15-18)33-14-13-32-21/h4-5,7,9-11,15,20H,6,8,12-14,16-17H2,1-3H3/t20-/m1/s1. The lowest BCUT2D eigenvalue weighted by atomic mass is 9.91. The number of fused-ring (bicyclic) bond motifs is 1. The number of benzene rings is 2. The van der Waals surface area contributed by atoms with Crippen molar-refractivity contribution in [2.24, 2.45) is 5.41 Å². The van der Waals surface area contributed by atoms with E-state index in [1.54, 1.807) is 39.0 Å². The van der Waals surface area contributed by atoms with Gasteiger partial charge in [0.25, 0.3) is 0 Å². The third-order valence-electron chi connectivity index (χ3n) is 6.15. The lowest BCUT2D eigenvalue weighted by molar-refractivity contribution is -0.130. The normalized spacial score (nSPS) is 17.2. The van der Waals surface area contributed by atoms with Crippen LogP contribution in [-0.2, 0) is 14.3 Å². The Bertz CT molecular complexity index is 1110. The maximum absolute atomic E-state index is 13.2. The highest BCUT2D eigenvalue weighted by molar-refractivity contribution is 8.00. The molecule has 2 aromatic carbocycles. The molecule has 0 radical (unpaired) electrons. The van der Waals surface area contributed by atoms with Crippen LogP contribution in [0.3, 0.4) is 0 Å². The van der Waals surface area contributed by atoms with E-state index in [9.17, 15) is 14.4 Å². The summed E-state index contributed by atoms with van der Waals surface area (Å²) < 4.78 is 16.6. The van der Waals surface area contributed by atoms with Crippen molar-refractivity contribution in [2.75, 3.05) is 32.1 Å². The van der Waals surface area contributed by atoms with Crippen molar-refractivity contribution in [3.8, 4) is 11.5 Å². The molecule has 2 heterocycles. The lowest BCUT2D eigenvalue weighted by Crippen LogP contribution is -2.32. The van der Waals surface area contributed by atoms with Gasteiger partial charge >= 0.3 is 5.97 Å². The molecule has 186 valence electrons. The van der Waals surface area contributed by atoms with Crippen LogP contribution < -0.4 is 9.47 Å². The van der Waals surface area contributed by atoms with Crippen LogP contribution in [0, 0.1) is 5.41 Å². The first-order valence-electron chi connectivity index (χ1n) is 11.9. The molecule has 0 saturated carbocycles. The maximum atomic E-state index is 13.2. The van der Waals surface area contributed by atoms with E-state index < -0.39 is 11.4 Å². The Kier molecular flexibility index (Phi) is 7.69. The molecule has 2 aliphatic heterocycles. The fraction of sp³-hybridized carbons (Fsp3) is 0.444. The van der Waals surface area contributed by atoms with E-state index in [2.05, 4.69) is 0 Å². The van der Waals surface area contributed by atoms with Crippen LogP contribution in [0.1, 0.15) is 55.6 Å². The fourth-order valence-electron chi connectivity index (χ4n) is 4.09. The van der Waals surface area contributed by atoms with Gasteiger partial charge in [-0.2, -0.15) is 0 Å². The van der Waals surface area contributed by atoms with Crippen molar-refractivity contribution >= 4 is 29.4 Å². The summed E-state index contributed by atoms with van der Waals surface area (Å²) in [4.78, 5) is 40.5. The number of esters is 1. The average Bonchev–Trinajstić information content (AvgIpc) is 3.35. The summed E-state index contributed by atoms with van der Waals surface area (Å²) in [6.07, 6.45) is 1.82. The van der Waals surface area contributed by atoms with Gasteiger partial charge in [-0.1, -0.05) is 39.0 Å². The van der Waals surface area contributed by atoms with Crippen LogP contribution in [-0.4, -0.2) is 54.7 Å². The molecule has 0 aromatic heterocycles. The Morgan fingerprint density at radius 1 is 1.06 bits per heavy atom. The first-order valence-corrected chi connectivity index (χ1v) is 12.8. The number of carbonyl (C=O) groups is 3. The molecule has 1 atom stereocenters. The van der Waals surface area contributed by atoms with Crippen molar-refractivity contribution in [3.05, 3.63) is 53.6 Å². The number of thioether (sulfide) groups is 1. The average molecular weight is 498 g/mol. The minimum Gasteiger partial charge on any atom is -0.486 e. The highest BCUT2D eigenvalue weighted by atomic mass is 32.2. The monoisotopic (exact) mass is 497 g/mol. The van der Waals surface area contributed by atoms with Crippen LogP contribution in [0.2, 0.25) is 0 Å². The maximum Gasteiger partial charge on any atom is 0.339 e. The lowest BCUT2D eigenvalue weighted by Gasteiger charge is -2.27. The Hall–Kier alpha value is -3.00. The summed E-state index contributed by atoms with van der Waals surface area (Å²) >= 11 is 1.31. The minimum atomic E-state index is -0.579. The fourth-order valence-corrected chi connectivity index (χ4v) is 5.01. The molecule has 0 aliphatic carbocycles. The van der Waals surface area contributed by atoms with Gasteiger partial charge in [0.2, 0.25) is 5.91 Å². The number of ether oxygens (including phenoxy) is 3. The summed E-state index contributed by atoms with van der Waals surface area (Å²) in [5.41, 5.74) is 0.819. The summed E-state index contributed by atoms with van der Waals surface area (Å²) in [5, 5.41) is 0. The zero-order chi connectivity index (χ0) is 25.0. The molecule has 0 bridgehead atoms. The van der Waals surface area contributed by atoms with E-state index in [-0.39, 0.29) is 30.1 Å². The van der Waals surface area contributed by atoms with Gasteiger partial charge in [0.1, 0.15) is 13.2 Å². The van der Waals surface area contributed by atoms with Crippen molar-refractivity contribution in [1.29, 1.82) is 0 Å². The molecule has 1 fully saturated rings. The molecule has 1 saturated heterocycles. The van der Waals surface area contributed by atoms with Gasteiger partial charge in [-0.25, -0.2) is 4.79 Å². The molecule has 1 amide bonds. The Labute approximate surface area is 210 Å². The number of ketones is 1. The first kappa shape index (κ1) is 25.1. The van der Waals surface area contributed by atoms with Gasteiger partial charge in [-0.15, -0.1) is 11.8 Å². The highest BCUT2D eigenvalue weighted by Crippen LogP contribution is 2.38. The van der Waals surface area contributed by atoms with E-state index in [0.717, 1.165) is 29.9 Å². The SMILES string of the molecule is CC(C)(C)C(=O)COC(=O)c1ccccc1SCC(=O)N1CCC[C@@H]1c1ccc2c(c1)OCCO2. The molecule has 2 aromatic rings. The minimum absolute atomic E-state index is 0.0115. The van der Waals surface area contributed by atoms with E-state index in [1.807, 2.05) is 29.2 Å². The molecule has 8 heteroatoms. The number of nitrogens with zero attached hydrogens (tertiary/aromatic N) is 1. The second-order valence-electron chi connectivity index (χ2n) is 9.68. The van der Waals surface area contributed by atoms with Crippen LogP contribution in [0.4, 0.5) is 0 Å². The van der Waals surface area contributed by atoms with Crippen molar-refractivity contribution in [3.63, 3.8) is 0 Å². The number of Topliss-reactive ketones (excluding diaryl/α,β-unsaturated/α-hetero) is 1. The highest BCUT2D eigenvalue weighted by Gasteiger charge is 2.31. The second kappa shape index (κ2) is 10.7. The zero-order valence-corrected chi connectivity index (χ0v) is 21.2. The van der Waals surface area contributed by atoms with Crippen LogP contribution in [0.25, 0.3) is 0 Å².